The molecule has 11 nitrogen and oxygen atoms in total. The van der Waals surface area contributed by atoms with E-state index >= 15 is 0 Å². The third kappa shape index (κ3) is 4.97. The van der Waals surface area contributed by atoms with Crippen molar-refractivity contribution in [2.45, 2.75) is 70.7 Å². The Kier molecular flexibility index (Phi) is 6.60. The van der Waals surface area contributed by atoms with Crippen LogP contribution in [-0.4, -0.2) is 66.5 Å². The number of esters is 4. The van der Waals surface area contributed by atoms with Crippen LogP contribution in [0.2, 0.25) is 0 Å². The predicted octanol–water partition coefficient (Wildman–Crippen LogP) is -0.650. The van der Waals surface area contributed by atoms with E-state index < -0.39 is 54.0 Å². The van der Waals surface area contributed by atoms with E-state index in [1.807, 2.05) is 0 Å². The van der Waals surface area contributed by atoms with Gasteiger partial charge in [-0.05, 0) is 0 Å². The van der Waals surface area contributed by atoms with Gasteiger partial charge in [-0.3, -0.25) is 24.0 Å². The van der Waals surface area contributed by atoms with Gasteiger partial charge in [-0.1, -0.05) is 0 Å². The summed E-state index contributed by atoms with van der Waals surface area (Å²) in [5.74, 6) is -3.14. The molecular formula is C17H23NO10. The van der Waals surface area contributed by atoms with Gasteiger partial charge in [0.2, 0.25) is 5.91 Å². The van der Waals surface area contributed by atoms with Gasteiger partial charge in [-0.2, -0.15) is 0 Å². The van der Waals surface area contributed by atoms with Crippen molar-refractivity contribution in [1.82, 2.24) is 5.32 Å². The predicted molar refractivity (Wildman–Crippen MR) is 88.3 cm³/mol. The first-order valence-corrected chi connectivity index (χ1v) is 8.68. The van der Waals surface area contributed by atoms with Crippen LogP contribution in [0.4, 0.5) is 0 Å². The maximum absolute atomic E-state index is 11.9. The van der Waals surface area contributed by atoms with E-state index in [1.165, 1.54) is 6.92 Å². The Balaban J connectivity index is 2.48. The average Bonchev–Trinajstić information content (AvgIpc) is 2.92. The van der Waals surface area contributed by atoms with Crippen LogP contribution < -0.4 is 5.32 Å². The number of rotatable bonds is 5. The molecule has 0 unspecified atom stereocenters. The molecule has 156 valence electrons. The Morgan fingerprint density at radius 3 is 2.00 bits per heavy atom. The number of nitrogens with one attached hydrogen (secondary N) is 1. The number of hydrogen-bond donors (Lipinski definition) is 1. The summed E-state index contributed by atoms with van der Waals surface area (Å²) in [5, 5.41) is 2.61. The third-order valence-corrected chi connectivity index (χ3v) is 4.23. The zero-order valence-corrected chi connectivity index (χ0v) is 16.0. The molecule has 0 saturated carbocycles. The second-order valence-corrected chi connectivity index (χ2v) is 6.57. The number of ether oxygens (including phenoxy) is 5. The molecule has 0 aromatic heterocycles. The molecule has 28 heavy (non-hydrogen) atoms. The van der Waals surface area contributed by atoms with Gasteiger partial charge in [-0.15, -0.1) is 0 Å². The van der Waals surface area contributed by atoms with Crippen LogP contribution >= 0.6 is 0 Å². The largest absolute Gasteiger partial charge is 0.463 e. The molecule has 2 saturated heterocycles. The molecule has 0 aromatic carbocycles. The molecule has 1 spiro atoms. The standard InChI is InChI=1S/C17H23NO10/c1-8(19)24-7-12-14(25-9(2)20)15(26-10(3)21)16(27-11(4)22)17(28-12)6-5-13(23)18-17/h12,14-16H,5-7H2,1-4H3,(H,18,23)/t12-,14-,15+,16-,17+/m1/s1. The molecule has 2 fully saturated rings. The fourth-order valence-electron chi connectivity index (χ4n) is 3.34. The Bertz CT molecular complexity index is 677. The lowest BCUT2D eigenvalue weighted by atomic mass is 9.88. The molecule has 11 heteroatoms. The lowest BCUT2D eigenvalue weighted by Gasteiger charge is -2.49. The second-order valence-electron chi connectivity index (χ2n) is 6.57. The van der Waals surface area contributed by atoms with Gasteiger partial charge in [0.05, 0.1) is 0 Å². The summed E-state index contributed by atoms with van der Waals surface area (Å²) >= 11 is 0. The van der Waals surface area contributed by atoms with E-state index in [0.717, 1.165) is 20.8 Å². The van der Waals surface area contributed by atoms with Gasteiger partial charge in [0.1, 0.15) is 12.7 Å². The zero-order valence-electron chi connectivity index (χ0n) is 16.0. The van der Waals surface area contributed by atoms with Crippen LogP contribution in [0.1, 0.15) is 40.5 Å². The molecule has 1 amide bonds. The van der Waals surface area contributed by atoms with Crippen molar-refractivity contribution in [2.24, 2.45) is 0 Å². The summed E-state index contributed by atoms with van der Waals surface area (Å²) in [6.07, 6.45) is -4.72. The monoisotopic (exact) mass is 401 g/mol. The van der Waals surface area contributed by atoms with Crippen LogP contribution in [-0.2, 0) is 47.7 Å². The highest BCUT2D eigenvalue weighted by atomic mass is 16.7. The Labute approximate surface area is 160 Å². The molecule has 1 N–H and O–H groups in total. The smallest absolute Gasteiger partial charge is 0.303 e. The second kappa shape index (κ2) is 8.55. The highest BCUT2D eigenvalue weighted by molar-refractivity contribution is 5.79. The fraction of sp³-hybridized carbons (Fsp3) is 0.706. The SMILES string of the molecule is CC(=O)OC[C@H]1O[C@@]2(CCC(=O)N2)[C@H](OC(C)=O)[C@@H](OC(C)=O)[C@@H]1OC(C)=O. The summed E-state index contributed by atoms with van der Waals surface area (Å²) in [7, 11) is 0. The third-order valence-electron chi connectivity index (χ3n) is 4.23. The minimum absolute atomic E-state index is 0.0725. The average molecular weight is 401 g/mol. The van der Waals surface area contributed by atoms with Gasteiger partial charge in [-0.25, -0.2) is 0 Å². The minimum Gasteiger partial charge on any atom is -0.463 e. The maximum atomic E-state index is 11.9. The number of amides is 1. The highest BCUT2D eigenvalue weighted by Crippen LogP contribution is 2.39. The van der Waals surface area contributed by atoms with Crippen molar-refractivity contribution in [3.63, 3.8) is 0 Å². The molecule has 2 rings (SSSR count). The van der Waals surface area contributed by atoms with E-state index in [1.54, 1.807) is 0 Å². The van der Waals surface area contributed by atoms with Crippen LogP contribution in [0, 0.1) is 0 Å². The molecule has 5 atom stereocenters. The maximum Gasteiger partial charge on any atom is 0.303 e. The lowest BCUT2D eigenvalue weighted by Crippen LogP contribution is -2.71. The first-order chi connectivity index (χ1) is 13.0. The van der Waals surface area contributed by atoms with Crippen molar-refractivity contribution < 1.29 is 47.7 Å². The van der Waals surface area contributed by atoms with Crippen LogP contribution in [0.5, 0.6) is 0 Å². The van der Waals surface area contributed by atoms with Gasteiger partial charge in [0.25, 0.3) is 0 Å². The first kappa shape index (κ1) is 21.6. The Morgan fingerprint density at radius 2 is 1.54 bits per heavy atom. The summed E-state index contributed by atoms with van der Waals surface area (Å²) in [6, 6.07) is 0. The lowest BCUT2D eigenvalue weighted by molar-refractivity contribution is -0.289. The molecule has 2 heterocycles. The van der Waals surface area contributed by atoms with Crippen molar-refractivity contribution in [2.75, 3.05) is 6.61 Å². The normalized spacial score (nSPS) is 31.6. The van der Waals surface area contributed by atoms with E-state index in [-0.39, 0.29) is 25.4 Å². The summed E-state index contributed by atoms with van der Waals surface area (Å²) in [4.78, 5) is 58.1. The van der Waals surface area contributed by atoms with Crippen molar-refractivity contribution in [1.29, 1.82) is 0 Å². The van der Waals surface area contributed by atoms with E-state index in [2.05, 4.69) is 5.32 Å². The Hall–Kier alpha value is -2.69. The number of hydrogen-bond acceptors (Lipinski definition) is 10. The van der Waals surface area contributed by atoms with Gasteiger partial charge >= 0.3 is 23.9 Å². The number of carbonyl (C=O) groups is 5. The molecular weight excluding hydrogens is 378 g/mol. The van der Waals surface area contributed by atoms with Crippen LogP contribution in [0.15, 0.2) is 0 Å². The van der Waals surface area contributed by atoms with Crippen molar-refractivity contribution in [3.05, 3.63) is 0 Å². The van der Waals surface area contributed by atoms with Gasteiger partial charge in [0, 0.05) is 40.5 Å². The van der Waals surface area contributed by atoms with Gasteiger partial charge in [0.15, 0.2) is 24.0 Å². The van der Waals surface area contributed by atoms with Crippen molar-refractivity contribution in [3.8, 4) is 0 Å². The first-order valence-electron chi connectivity index (χ1n) is 8.68. The van der Waals surface area contributed by atoms with E-state index in [0.29, 0.717) is 0 Å². The molecule has 0 aromatic rings. The minimum atomic E-state index is -1.52. The highest BCUT2D eigenvalue weighted by Gasteiger charge is 2.62. The quantitative estimate of drug-likeness (QED) is 0.466. The molecule has 2 aliphatic rings. The van der Waals surface area contributed by atoms with Gasteiger partial charge < -0.3 is 29.0 Å². The summed E-state index contributed by atoms with van der Waals surface area (Å²) in [6.45, 7) is 4.25. The molecule has 0 aliphatic carbocycles. The fourth-order valence-corrected chi connectivity index (χ4v) is 3.34. The summed E-state index contributed by atoms with van der Waals surface area (Å²) in [5.41, 5.74) is -1.52. The zero-order chi connectivity index (χ0) is 21.1. The van der Waals surface area contributed by atoms with E-state index in [9.17, 15) is 24.0 Å². The Morgan fingerprint density at radius 1 is 0.964 bits per heavy atom. The van der Waals surface area contributed by atoms with Crippen LogP contribution in [0.25, 0.3) is 0 Å². The summed E-state index contributed by atoms with van der Waals surface area (Å²) < 4.78 is 26.8. The van der Waals surface area contributed by atoms with Crippen LogP contribution in [0.3, 0.4) is 0 Å². The molecule has 0 radical (unpaired) electrons. The molecule has 0 bridgehead atoms. The topological polar surface area (TPSA) is 144 Å². The van der Waals surface area contributed by atoms with Crippen molar-refractivity contribution >= 4 is 29.8 Å². The number of carbonyl (C=O) groups excluding carboxylic acids is 5. The van der Waals surface area contributed by atoms with E-state index in [4.69, 9.17) is 23.7 Å². The molecule has 2 aliphatic heterocycles.